The molecule has 0 spiro atoms. The number of nitro groups is 1. The molecule has 0 radical (unpaired) electrons. The lowest BCUT2D eigenvalue weighted by molar-refractivity contribution is -0.384. The van der Waals surface area contributed by atoms with Crippen LogP contribution in [0.15, 0.2) is 6.20 Å². The number of hydrogen-bond donors (Lipinski definition) is 2. The normalized spacial score (nSPS) is 15.9. The molecule has 0 aromatic carbocycles. The fourth-order valence-corrected chi connectivity index (χ4v) is 2.25. The van der Waals surface area contributed by atoms with Crippen molar-refractivity contribution in [3.8, 4) is 0 Å². The van der Waals surface area contributed by atoms with Crippen molar-refractivity contribution >= 4 is 17.5 Å². The molecule has 7 nitrogen and oxygen atoms in total. The standard InChI is InChI=1S/C12H19N5O2/c1-3-4-12(5-6-12)8-15-10-9(17(18)19)7-14-11(13-2)16-10/h7H,3-6,8H2,1-2H3,(H2,13,14,15,16). The van der Waals surface area contributed by atoms with E-state index in [9.17, 15) is 10.1 Å². The van der Waals surface area contributed by atoms with Crippen molar-refractivity contribution in [1.29, 1.82) is 0 Å². The Kier molecular flexibility index (Phi) is 3.82. The zero-order valence-corrected chi connectivity index (χ0v) is 11.3. The van der Waals surface area contributed by atoms with Gasteiger partial charge in [-0.15, -0.1) is 0 Å². The van der Waals surface area contributed by atoms with E-state index in [1.165, 1.54) is 19.0 Å². The van der Waals surface area contributed by atoms with Gasteiger partial charge < -0.3 is 10.6 Å². The fraction of sp³-hybridized carbons (Fsp3) is 0.667. The van der Waals surface area contributed by atoms with E-state index in [0.717, 1.165) is 19.4 Å². The SMILES string of the molecule is CCCC1(CNc2nc(NC)ncc2[N+](=O)[O-])CC1. The zero-order chi connectivity index (χ0) is 13.9. The van der Waals surface area contributed by atoms with E-state index in [-0.39, 0.29) is 5.69 Å². The summed E-state index contributed by atoms with van der Waals surface area (Å²) in [5.74, 6) is 0.681. The molecule has 1 aromatic heterocycles. The third kappa shape index (κ3) is 3.10. The van der Waals surface area contributed by atoms with Gasteiger partial charge in [0, 0.05) is 13.6 Å². The maximum Gasteiger partial charge on any atom is 0.329 e. The third-order valence-corrected chi connectivity index (χ3v) is 3.56. The van der Waals surface area contributed by atoms with Gasteiger partial charge in [-0.25, -0.2) is 4.98 Å². The second kappa shape index (κ2) is 5.38. The van der Waals surface area contributed by atoms with Crippen LogP contribution in [0.1, 0.15) is 32.6 Å². The molecule has 0 saturated heterocycles. The molecule has 2 N–H and O–H groups in total. The summed E-state index contributed by atoms with van der Waals surface area (Å²) in [6, 6.07) is 0. The van der Waals surface area contributed by atoms with E-state index in [4.69, 9.17) is 0 Å². The predicted molar refractivity (Wildman–Crippen MR) is 73.3 cm³/mol. The Morgan fingerprint density at radius 2 is 2.26 bits per heavy atom. The van der Waals surface area contributed by atoms with Gasteiger partial charge in [-0.1, -0.05) is 13.3 Å². The van der Waals surface area contributed by atoms with Crippen molar-refractivity contribution in [1.82, 2.24) is 9.97 Å². The number of nitrogens with zero attached hydrogens (tertiary/aromatic N) is 3. The highest BCUT2D eigenvalue weighted by Gasteiger charge is 2.41. The molecule has 0 unspecified atom stereocenters. The molecule has 19 heavy (non-hydrogen) atoms. The van der Waals surface area contributed by atoms with Gasteiger partial charge in [0.1, 0.15) is 6.20 Å². The molecule has 104 valence electrons. The first-order valence-corrected chi connectivity index (χ1v) is 6.53. The first-order chi connectivity index (χ1) is 9.10. The number of hydrogen-bond acceptors (Lipinski definition) is 6. The maximum absolute atomic E-state index is 11.0. The van der Waals surface area contributed by atoms with Gasteiger partial charge >= 0.3 is 5.69 Å². The summed E-state index contributed by atoms with van der Waals surface area (Å²) in [6.07, 6.45) is 5.89. The van der Waals surface area contributed by atoms with Crippen molar-refractivity contribution in [2.24, 2.45) is 5.41 Å². The largest absolute Gasteiger partial charge is 0.364 e. The lowest BCUT2D eigenvalue weighted by atomic mass is 10.0. The lowest BCUT2D eigenvalue weighted by Gasteiger charge is -2.15. The Balaban J connectivity index is 2.11. The van der Waals surface area contributed by atoms with E-state index < -0.39 is 4.92 Å². The molecule has 1 fully saturated rings. The second-order valence-electron chi connectivity index (χ2n) is 5.04. The molecule has 1 aliphatic rings. The quantitative estimate of drug-likeness (QED) is 0.581. The van der Waals surface area contributed by atoms with Crippen LogP contribution in [-0.2, 0) is 0 Å². The molecule has 0 amide bonds. The summed E-state index contributed by atoms with van der Waals surface area (Å²) in [5, 5.41) is 16.9. The highest BCUT2D eigenvalue weighted by molar-refractivity contribution is 5.57. The molecule has 1 aromatic rings. The van der Waals surface area contributed by atoms with E-state index >= 15 is 0 Å². The van der Waals surface area contributed by atoms with Crippen LogP contribution in [-0.4, -0.2) is 28.5 Å². The van der Waals surface area contributed by atoms with E-state index in [2.05, 4.69) is 27.5 Å². The van der Waals surface area contributed by atoms with Crippen LogP contribution >= 0.6 is 0 Å². The van der Waals surface area contributed by atoms with Gasteiger partial charge in [-0.3, -0.25) is 10.1 Å². The van der Waals surface area contributed by atoms with Crippen LogP contribution in [0.25, 0.3) is 0 Å². The molecule has 2 rings (SSSR count). The van der Waals surface area contributed by atoms with Crippen molar-refractivity contribution < 1.29 is 4.92 Å². The summed E-state index contributed by atoms with van der Waals surface area (Å²) in [7, 11) is 1.68. The van der Waals surface area contributed by atoms with Crippen LogP contribution in [0.5, 0.6) is 0 Å². The van der Waals surface area contributed by atoms with Crippen LogP contribution in [0, 0.1) is 15.5 Å². The minimum atomic E-state index is -0.457. The number of nitrogens with one attached hydrogen (secondary N) is 2. The Bertz CT molecular complexity index is 473. The zero-order valence-electron chi connectivity index (χ0n) is 11.3. The first-order valence-electron chi connectivity index (χ1n) is 6.53. The highest BCUT2D eigenvalue weighted by atomic mass is 16.6. The van der Waals surface area contributed by atoms with Crippen molar-refractivity contribution in [3.63, 3.8) is 0 Å². The lowest BCUT2D eigenvalue weighted by Crippen LogP contribution is -2.17. The highest BCUT2D eigenvalue weighted by Crippen LogP contribution is 2.49. The summed E-state index contributed by atoms with van der Waals surface area (Å²) in [6.45, 7) is 2.90. The minimum Gasteiger partial charge on any atom is -0.364 e. The van der Waals surface area contributed by atoms with Crippen LogP contribution in [0.3, 0.4) is 0 Å². The molecule has 0 aliphatic heterocycles. The topological polar surface area (TPSA) is 93.0 Å². The number of anilines is 2. The van der Waals surface area contributed by atoms with Gasteiger partial charge in [-0.05, 0) is 24.7 Å². The molecule has 0 atom stereocenters. The molecular weight excluding hydrogens is 246 g/mol. The third-order valence-electron chi connectivity index (χ3n) is 3.56. The number of aromatic nitrogens is 2. The molecule has 1 saturated carbocycles. The summed E-state index contributed by atoms with van der Waals surface area (Å²) in [4.78, 5) is 18.5. The predicted octanol–water partition coefficient (Wildman–Crippen LogP) is 2.42. The maximum atomic E-state index is 11.0. The van der Waals surface area contributed by atoms with E-state index in [1.54, 1.807) is 7.05 Å². The summed E-state index contributed by atoms with van der Waals surface area (Å²) >= 11 is 0. The van der Waals surface area contributed by atoms with Gasteiger partial charge in [0.2, 0.25) is 11.8 Å². The van der Waals surface area contributed by atoms with Crippen molar-refractivity contribution in [2.45, 2.75) is 32.6 Å². The van der Waals surface area contributed by atoms with Crippen LogP contribution in [0.4, 0.5) is 17.5 Å². The smallest absolute Gasteiger partial charge is 0.329 e. The van der Waals surface area contributed by atoms with Crippen LogP contribution in [0.2, 0.25) is 0 Å². The van der Waals surface area contributed by atoms with E-state index in [0.29, 0.717) is 17.2 Å². The first kappa shape index (κ1) is 13.5. The van der Waals surface area contributed by atoms with Crippen molar-refractivity contribution in [3.05, 3.63) is 16.3 Å². The Morgan fingerprint density at radius 1 is 1.53 bits per heavy atom. The van der Waals surface area contributed by atoms with Gasteiger partial charge in [0.15, 0.2) is 0 Å². The molecule has 1 aliphatic carbocycles. The number of rotatable bonds is 7. The van der Waals surface area contributed by atoms with Crippen LogP contribution < -0.4 is 10.6 Å². The Labute approximate surface area is 112 Å². The second-order valence-corrected chi connectivity index (χ2v) is 5.04. The molecular formula is C12H19N5O2. The van der Waals surface area contributed by atoms with Gasteiger partial charge in [0.25, 0.3) is 0 Å². The Morgan fingerprint density at radius 3 is 2.79 bits per heavy atom. The minimum absolute atomic E-state index is 0.0775. The fourth-order valence-electron chi connectivity index (χ4n) is 2.25. The average Bonchev–Trinajstić information content (AvgIpc) is 3.16. The molecule has 7 heteroatoms. The summed E-state index contributed by atoms with van der Waals surface area (Å²) < 4.78 is 0. The van der Waals surface area contributed by atoms with Gasteiger partial charge in [0.05, 0.1) is 4.92 Å². The van der Waals surface area contributed by atoms with E-state index in [1.807, 2.05) is 0 Å². The Hall–Kier alpha value is -1.92. The molecule has 0 bridgehead atoms. The summed E-state index contributed by atoms with van der Waals surface area (Å²) in [5.41, 5.74) is 0.235. The molecule has 1 heterocycles. The monoisotopic (exact) mass is 265 g/mol. The average molecular weight is 265 g/mol. The van der Waals surface area contributed by atoms with Gasteiger partial charge in [-0.2, -0.15) is 4.98 Å². The van der Waals surface area contributed by atoms with Crippen molar-refractivity contribution in [2.75, 3.05) is 24.2 Å².